The lowest BCUT2D eigenvalue weighted by Gasteiger charge is -2.21. The van der Waals surface area contributed by atoms with Gasteiger partial charge in [0.2, 0.25) is 0 Å². The summed E-state index contributed by atoms with van der Waals surface area (Å²) >= 11 is 0. The molecule has 0 aliphatic heterocycles. The molecule has 8 nitrogen and oxygen atoms in total. The molecule has 4 amide bonds. The molecule has 0 aromatic rings. The summed E-state index contributed by atoms with van der Waals surface area (Å²) in [7, 11) is 0. The highest BCUT2D eigenvalue weighted by Crippen LogP contribution is 1.98. The third-order valence-electron chi connectivity index (χ3n) is 2.47. The van der Waals surface area contributed by atoms with Gasteiger partial charge < -0.3 is 31.5 Å². The van der Waals surface area contributed by atoms with E-state index in [4.69, 9.17) is 21.7 Å². The van der Waals surface area contributed by atoms with Gasteiger partial charge in [0, 0.05) is 26.2 Å². The molecule has 0 aliphatic rings. The first kappa shape index (κ1) is 16.5. The molecule has 6 N–H and O–H groups in total. The first-order valence-corrected chi connectivity index (χ1v) is 5.83. The van der Waals surface area contributed by atoms with Crippen LogP contribution in [0.2, 0.25) is 0 Å². The van der Waals surface area contributed by atoms with Gasteiger partial charge in [-0.15, -0.1) is 0 Å². The molecule has 0 rings (SSSR count). The molecule has 0 atom stereocenters. The smallest absolute Gasteiger partial charge is 0.314 e. The van der Waals surface area contributed by atoms with Crippen molar-refractivity contribution in [3.05, 3.63) is 0 Å². The van der Waals surface area contributed by atoms with E-state index < -0.39 is 12.1 Å². The Morgan fingerprint density at radius 2 is 1.11 bits per heavy atom. The number of primary amides is 2. The molecule has 0 saturated heterocycles. The summed E-state index contributed by atoms with van der Waals surface area (Å²) in [6.07, 6.45) is 1.27. The van der Waals surface area contributed by atoms with Crippen molar-refractivity contribution in [1.29, 1.82) is 0 Å². The van der Waals surface area contributed by atoms with Gasteiger partial charge in [-0.05, 0) is 12.8 Å². The zero-order chi connectivity index (χ0) is 14.0. The maximum Gasteiger partial charge on any atom is 0.314 e. The molecule has 0 aliphatic carbocycles. The van der Waals surface area contributed by atoms with Crippen molar-refractivity contribution in [2.45, 2.75) is 12.8 Å². The SMILES string of the molecule is NC(=O)N(CCO)CCCCN(CCO)C(N)=O. The topological polar surface area (TPSA) is 133 Å². The van der Waals surface area contributed by atoms with E-state index in [1.54, 1.807) is 0 Å². The van der Waals surface area contributed by atoms with Crippen LogP contribution in [0.5, 0.6) is 0 Å². The minimum Gasteiger partial charge on any atom is -0.395 e. The molecule has 0 unspecified atom stereocenters. The molecule has 106 valence electrons. The van der Waals surface area contributed by atoms with Crippen molar-refractivity contribution in [1.82, 2.24) is 9.80 Å². The van der Waals surface area contributed by atoms with Crippen LogP contribution in [0.1, 0.15) is 12.8 Å². The third-order valence-corrected chi connectivity index (χ3v) is 2.47. The highest BCUT2D eigenvalue weighted by molar-refractivity contribution is 5.72. The molecule has 0 fully saturated rings. The summed E-state index contributed by atoms with van der Waals surface area (Å²) in [6, 6.07) is -1.16. The molecule has 0 spiro atoms. The van der Waals surface area contributed by atoms with Crippen molar-refractivity contribution in [2.24, 2.45) is 11.5 Å². The van der Waals surface area contributed by atoms with Crippen LogP contribution in [-0.2, 0) is 0 Å². The number of carbonyl (C=O) groups excluding carboxylic acids is 2. The Balaban J connectivity index is 3.87. The fraction of sp³-hybridized carbons (Fsp3) is 0.800. The molecule has 0 aromatic heterocycles. The van der Waals surface area contributed by atoms with Crippen molar-refractivity contribution >= 4 is 12.1 Å². The van der Waals surface area contributed by atoms with Gasteiger partial charge in [-0.2, -0.15) is 0 Å². The number of carbonyl (C=O) groups is 2. The number of aliphatic hydroxyl groups excluding tert-OH is 2. The van der Waals surface area contributed by atoms with Crippen molar-refractivity contribution in [3.8, 4) is 0 Å². The minimum absolute atomic E-state index is 0.138. The number of amides is 4. The third kappa shape index (κ3) is 6.92. The molecule has 8 heteroatoms. The van der Waals surface area contributed by atoms with Gasteiger partial charge in [0.05, 0.1) is 13.2 Å². The molecular formula is C10H22N4O4. The molecule has 18 heavy (non-hydrogen) atoms. The second-order valence-corrected chi connectivity index (χ2v) is 3.80. The summed E-state index contributed by atoms with van der Waals surface area (Å²) in [5.74, 6) is 0. The lowest BCUT2D eigenvalue weighted by atomic mass is 10.2. The summed E-state index contributed by atoms with van der Waals surface area (Å²) in [4.78, 5) is 24.6. The van der Waals surface area contributed by atoms with E-state index in [1.807, 2.05) is 0 Å². The Morgan fingerprint density at radius 1 is 0.778 bits per heavy atom. The van der Waals surface area contributed by atoms with E-state index in [-0.39, 0.29) is 26.3 Å². The number of aliphatic hydroxyl groups is 2. The maximum absolute atomic E-state index is 10.9. The number of nitrogens with zero attached hydrogens (tertiary/aromatic N) is 2. The lowest BCUT2D eigenvalue weighted by Crippen LogP contribution is -2.40. The fourth-order valence-corrected chi connectivity index (χ4v) is 1.51. The molecule has 0 heterocycles. The van der Waals surface area contributed by atoms with E-state index in [1.165, 1.54) is 9.80 Å². The zero-order valence-corrected chi connectivity index (χ0v) is 10.4. The molecule has 0 bridgehead atoms. The summed E-state index contributed by atoms with van der Waals surface area (Å²) in [6.45, 7) is 0.960. The van der Waals surface area contributed by atoms with Crippen LogP contribution in [0, 0.1) is 0 Å². The highest BCUT2D eigenvalue weighted by Gasteiger charge is 2.10. The normalized spacial score (nSPS) is 10.1. The Kier molecular flexibility index (Phi) is 8.67. The predicted octanol–water partition coefficient (Wildman–Crippen LogP) is -1.49. The Labute approximate surface area is 106 Å². The number of hydrogen-bond acceptors (Lipinski definition) is 4. The number of urea groups is 2. The van der Waals surface area contributed by atoms with E-state index in [0.717, 1.165) is 0 Å². The second kappa shape index (κ2) is 9.49. The van der Waals surface area contributed by atoms with Gasteiger partial charge in [0.1, 0.15) is 0 Å². The fourth-order valence-electron chi connectivity index (χ4n) is 1.51. The Morgan fingerprint density at radius 3 is 1.33 bits per heavy atom. The van der Waals surface area contributed by atoms with E-state index in [9.17, 15) is 9.59 Å². The highest BCUT2D eigenvalue weighted by atomic mass is 16.3. The Bertz CT molecular complexity index is 236. The van der Waals surface area contributed by atoms with Crippen LogP contribution < -0.4 is 11.5 Å². The first-order chi connectivity index (χ1) is 8.52. The minimum atomic E-state index is -0.578. The van der Waals surface area contributed by atoms with Gasteiger partial charge in [0.25, 0.3) is 0 Å². The average molecular weight is 262 g/mol. The molecule has 0 radical (unpaired) electrons. The summed E-state index contributed by atoms with van der Waals surface area (Å²) in [5.41, 5.74) is 10.2. The van der Waals surface area contributed by atoms with E-state index in [2.05, 4.69) is 0 Å². The van der Waals surface area contributed by atoms with Gasteiger partial charge in [-0.25, -0.2) is 9.59 Å². The number of unbranched alkanes of at least 4 members (excludes halogenated alkanes) is 1. The summed E-state index contributed by atoms with van der Waals surface area (Å²) in [5, 5.41) is 17.5. The van der Waals surface area contributed by atoms with Gasteiger partial charge in [-0.1, -0.05) is 0 Å². The Hall–Kier alpha value is -1.54. The average Bonchev–Trinajstić information content (AvgIpc) is 2.30. The van der Waals surface area contributed by atoms with Crippen LogP contribution in [0.15, 0.2) is 0 Å². The molecular weight excluding hydrogens is 240 g/mol. The predicted molar refractivity (Wildman–Crippen MR) is 65.7 cm³/mol. The maximum atomic E-state index is 10.9. The van der Waals surface area contributed by atoms with Crippen molar-refractivity contribution in [2.75, 3.05) is 39.4 Å². The van der Waals surface area contributed by atoms with Crippen LogP contribution in [0.25, 0.3) is 0 Å². The van der Waals surface area contributed by atoms with Crippen LogP contribution in [-0.4, -0.2) is 71.5 Å². The lowest BCUT2D eigenvalue weighted by molar-refractivity contribution is 0.175. The number of nitrogens with two attached hydrogens (primary N) is 2. The summed E-state index contributed by atoms with van der Waals surface area (Å²) < 4.78 is 0. The quantitative estimate of drug-likeness (QED) is 0.377. The molecule has 0 aromatic carbocycles. The van der Waals surface area contributed by atoms with Crippen molar-refractivity contribution < 1.29 is 19.8 Å². The van der Waals surface area contributed by atoms with Gasteiger partial charge >= 0.3 is 12.1 Å². The van der Waals surface area contributed by atoms with Gasteiger partial charge in [0.15, 0.2) is 0 Å². The van der Waals surface area contributed by atoms with Crippen LogP contribution in [0.4, 0.5) is 9.59 Å². The van der Waals surface area contributed by atoms with Crippen molar-refractivity contribution in [3.63, 3.8) is 0 Å². The van der Waals surface area contributed by atoms with E-state index in [0.29, 0.717) is 25.9 Å². The van der Waals surface area contributed by atoms with Crippen LogP contribution in [0.3, 0.4) is 0 Å². The second-order valence-electron chi connectivity index (χ2n) is 3.80. The molecule has 0 saturated carbocycles. The zero-order valence-electron chi connectivity index (χ0n) is 10.4. The van der Waals surface area contributed by atoms with Crippen LogP contribution >= 0.6 is 0 Å². The number of rotatable bonds is 9. The standard InChI is InChI=1S/C10H22N4O4/c11-9(17)13(5-7-15)3-1-2-4-14(6-8-16)10(12)18/h15-16H,1-8H2,(H2,11,17)(H2,12,18). The number of hydrogen-bond donors (Lipinski definition) is 4. The largest absolute Gasteiger partial charge is 0.395 e. The first-order valence-electron chi connectivity index (χ1n) is 5.83. The van der Waals surface area contributed by atoms with Gasteiger partial charge in [-0.3, -0.25) is 0 Å². The van der Waals surface area contributed by atoms with E-state index >= 15 is 0 Å². The monoisotopic (exact) mass is 262 g/mol.